The zero-order valence-electron chi connectivity index (χ0n) is 9.74. The maximum Gasteiger partial charge on any atom is 0.270 e. The molecule has 0 saturated heterocycles. The summed E-state index contributed by atoms with van der Waals surface area (Å²) in [6, 6.07) is 3.01. The van der Waals surface area contributed by atoms with Gasteiger partial charge < -0.3 is 5.73 Å². The summed E-state index contributed by atoms with van der Waals surface area (Å²) in [7, 11) is -3.00. The summed E-state index contributed by atoms with van der Waals surface area (Å²) in [5.41, 5.74) is 4.48. The van der Waals surface area contributed by atoms with Gasteiger partial charge in [-0.2, -0.15) is 4.31 Å². The lowest BCUT2D eigenvalue weighted by Crippen LogP contribution is -2.35. The fourth-order valence-corrected chi connectivity index (χ4v) is 2.90. The SMILES string of the molecule is CN(CC(N)=O)S(=O)(=O)c1cc([N+](=O)[O-])ccc1Cl. The number of nitrogens with zero attached hydrogens (tertiary/aromatic N) is 2. The summed E-state index contributed by atoms with van der Waals surface area (Å²) in [4.78, 5) is 20.1. The Bertz CT molecular complexity index is 631. The number of hydrogen-bond donors (Lipinski definition) is 1. The van der Waals surface area contributed by atoms with Gasteiger partial charge in [0, 0.05) is 19.2 Å². The number of rotatable bonds is 5. The van der Waals surface area contributed by atoms with Crippen LogP contribution in [0.3, 0.4) is 0 Å². The molecule has 0 saturated carbocycles. The number of amides is 1. The summed E-state index contributed by atoms with van der Waals surface area (Å²) >= 11 is 5.72. The maximum atomic E-state index is 12.1. The predicted octanol–water partition coefficient (Wildman–Crippen LogP) is 0.354. The topological polar surface area (TPSA) is 124 Å². The molecule has 0 aromatic heterocycles. The van der Waals surface area contributed by atoms with Crippen LogP contribution in [-0.4, -0.2) is 37.1 Å². The Morgan fingerprint density at radius 3 is 2.58 bits per heavy atom. The van der Waals surface area contributed by atoms with Crippen LogP contribution in [0.4, 0.5) is 5.69 Å². The first kappa shape index (κ1) is 15.3. The number of nitrogens with two attached hydrogens (primary N) is 1. The number of non-ortho nitro benzene ring substituents is 1. The second-order valence-electron chi connectivity index (χ2n) is 3.60. The third-order valence-electron chi connectivity index (χ3n) is 2.19. The smallest absolute Gasteiger partial charge is 0.270 e. The number of nitro benzene ring substituents is 1. The molecule has 0 spiro atoms. The second-order valence-corrected chi connectivity index (χ2v) is 6.02. The highest BCUT2D eigenvalue weighted by molar-refractivity contribution is 7.89. The van der Waals surface area contributed by atoms with E-state index in [1.54, 1.807) is 0 Å². The number of carbonyl (C=O) groups is 1. The van der Waals surface area contributed by atoms with Crippen LogP contribution in [0.25, 0.3) is 0 Å². The van der Waals surface area contributed by atoms with Gasteiger partial charge in [0.2, 0.25) is 15.9 Å². The van der Waals surface area contributed by atoms with E-state index in [-0.39, 0.29) is 5.02 Å². The minimum atomic E-state index is -4.12. The van der Waals surface area contributed by atoms with Crippen molar-refractivity contribution in [3.8, 4) is 0 Å². The molecule has 2 N–H and O–H groups in total. The lowest BCUT2D eigenvalue weighted by atomic mass is 10.3. The Hall–Kier alpha value is -1.71. The van der Waals surface area contributed by atoms with E-state index in [0.29, 0.717) is 4.31 Å². The third kappa shape index (κ3) is 3.40. The van der Waals surface area contributed by atoms with Crippen molar-refractivity contribution in [2.24, 2.45) is 5.73 Å². The summed E-state index contributed by atoms with van der Waals surface area (Å²) in [6.45, 7) is -0.554. The quantitative estimate of drug-likeness (QED) is 0.621. The minimum absolute atomic E-state index is 0.179. The van der Waals surface area contributed by atoms with Crippen LogP contribution in [0.1, 0.15) is 0 Å². The molecule has 0 unspecified atom stereocenters. The molecule has 0 atom stereocenters. The Morgan fingerprint density at radius 1 is 1.53 bits per heavy atom. The molecular weight excluding hydrogens is 298 g/mol. The van der Waals surface area contributed by atoms with E-state index >= 15 is 0 Å². The molecule has 0 aliphatic carbocycles. The van der Waals surface area contributed by atoms with Crippen molar-refractivity contribution in [2.75, 3.05) is 13.6 Å². The summed E-state index contributed by atoms with van der Waals surface area (Å²) in [5, 5.41) is 10.4. The van der Waals surface area contributed by atoms with Crippen molar-refractivity contribution in [2.45, 2.75) is 4.90 Å². The number of hydrogen-bond acceptors (Lipinski definition) is 5. The van der Waals surface area contributed by atoms with Crippen molar-refractivity contribution >= 4 is 33.2 Å². The summed E-state index contributed by atoms with van der Waals surface area (Å²) in [5.74, 6) is -0.854. The van der Waals surface area contributed by atoms with Crippen LogP contribution in [-0.2, 0) is 14.8 Å². The van der Waals surface area contributed by atoms with Gasteiger partial charge in [-0.05, 0) is 6.07 Å². The van der Waals surface area contributed by atoms with Gasteiger partial charge >= 0.3 is 0 Å². The van der Waals surface area contributed by atoms with Crippen molar-refractivity contribution in [3.63, 3.8) is 0 Å². The van der Waals surface area contributed by atoms with E-state index in [1.807, 2.05) is 0 Å². The summed E-state index contributed by atoms with van der Waals surface area (Å²) in [6.07, 6.45) is 0. The molecule has 0 radical (unpaired) electrons. The molecule has 0 heterocycles. The van der Waals surface area contributed by atoms with E-state index in [0.717, 1.165) is 25.2 Å². The van der Waals surface area contributed by atoms with Crippen LogP contribution in [0.2, 0.25) is 5.02 Å². The van der Waals surface area contributed by atoms with Crippen LogP contribution >= 0.6 is 11.6 Å². The summed E-state index contributed by atoms with van der Waals surface area (Å²) < 4.78 is 24.8. The average Bonchev–Trinajstić information content (AvgIpc) is 2.27. The molecule has 0 aliphatic heterocycles. The fraction of sp³-hybridized carbons (Fsp3) is 0.222. The molecule has 8 nitrogen and oxygen atoms in total. The zero-order chi connectivity index (χ0) is 14.8. The van der Waals surface area contributed by atoms with Crippen LogP contribution in [0, 0.1) is 10.1 Å². The number of halogens is 1. The Labute approximate surface area is 114 Å². The van der Waals surface area contributed by atoms with Crippen LogP contribution in [0.15, 0.2) is 23.1 Å². The second kappa shape index (κ2) is 5.51. The van der Waals surface area contributed by atoms with E-state index in [2.05, 4.69) is 0 Å². The highest BCUT2D eigenvalue weighted by Crippen LogP contribution is 2.27. The maximum absolute atomic E-state index is 12.1. The van der Waals surface area contributed by atoms with E-state index in [1.165, 1.54) is 0 Å². The lowest BCUT2D eigenvalue weighted by molar-refractivity contribution is -0.385. The number of primary amides is 1. The highest BCUT2D eigenvalue weighted by atomic mass is 35.5. The van der Waals surface area contributed by atoms with Gasteiger partial charge in [0.15, 0.2) is 0 Å². The fourth-order valence-electron chi connectivity index (χ4n) is 1.28. The highest BCUT2D eigenvalue weighted by Gasteiger charge is 2.26. The average molecular weight is 308 g/mol. The zero-order valence-corrected chi connectivity index (χ0v) is 11.3. The third-order valence-corrected chi connectivity index (χ3v) is 4.48. The van der Waals surface area contributed by atoms with Crippen molar-refractivity contribution in [1.29, 1.82) is 0 Å². The number of likely N-dealkylation sites (N-methyl/N-ethyl adjacent to an activating group) is 1. The van der Waals surface area contributed by atoms with E-state index in [4.69, 9.17) is 17.3 Å². The molecule has 19 heavy (non-hydrogen) atoms. The molecule has 0 fully saturated rings. The van der Waals surface area contributed by atoms with Gasteiger partial charge in [0.1, 0.15) is 4.90 Å². The minimum Gasteiger partial charge on any atom is -0.369 e. The molecule has 0 aliphatic rings. The first-order valence-electron chi connectivity index (χ1n) is 4.85. The van der Waals surface area contributed by atoms with Gasteiger partial charge in [0.25, 0.3) is 5.69 Å². The normalized spacial score (nSPS) is 11.5. The number of nitro groups is 1. The van der Waals surface area contributed by atoms with Crippen LogP contribution in [0.5, 0.6) is 0 Å². The lowest BCUT2D eigenvalue weighted by Gasteiger charge is -2.15. The van der Waals surface area contributed by atoms with Crippen molar-refractivity contribution < 1.29 is 18.1 Å². The molecule has 1 rings (SSSR count). The van der Waals surface area contributed by atoms with Gasteiger partial charge in [-0.25, -0.2) is 8.42 Å². The Kier molecular flexibility index (Phi) is 4.45. The van der Waals surface area contributed by atoms with Crippen LogP contribution < -0.4 is 5.73 Å². The molecule has 1 aromatic carbocycles. The molecule has 0 bridgehead atoms. The van der Waals surface area contributed by atoms with E-state index < -0.39 is 38.0 Å². The molecular formula is C9H10ClN3O5S. The number of carbonyl (C=O) groups excluding carboxylic acids is 1. The predicted molar refractivity (Wildman–Crippen MR) is 67.1 cm³/mol. The van der Waals surface area contributed by atoms with Gasteiger partial charge in [-0.1, -0.05) is 11.6 Å². The largest absolute Gasteiger partial charge is 0.369 e. The first-order chi connectivity index (χ1) is 8.66. The molecule has 1 amide bonds. The number of sulfonamides is 1. The molecule has 104 valence electrons. The standard InChI is InChI=1S/C9H10ClN3O5S/c1-12(5-9(11)14)19(17,18)8-4-6(13(15)16)2-3-7(8)10/h2-4H,5H2,1H3,(H2,11,14). The van der Waals surface area contributed by atoms with Gasteiger partial charge in [-0.15, -0.1) is 0 Å². The Morgan fingerprint density at radius 2 is 2.11 bits per heavy atom. The molecule has 10 heteroatoms. The van der Waals surface area contributed by atoms with Gasteiger partial charge in [0.05, 0.1) is 16.5 Å². The van der Waals surface area contributed by atoms with Gasteiger partial charge in [-0.3, -0.25) is 14.9 Å². The van der Waals surface area contributed by atoms with Crippen molar-refractivity contribution in [1.82, 2.24) is 4.31 Å². The van der Waals surface area contributed by atoms with Crippen molar-refractivity contribution in [3.05, 3.63) is 33.3 Å². The molecule has 1 aromatic rings. The number of benzene rings is 1. The van der Waals surface area contributed by atoms with E-state index in [9.17, 15) is 23.3 Å². The first-order valence-corrected chi connectivity index (χ1v) is 6.66. The monoisotopic (exact) mass is 307 g/mol. The Balaban J connectivity index is 3.31.